The maximum absolute atomic E-state index is 4.28. The van der Waals surface area contributed by atoms with Crippen LogP contribution >= 0.6 is 15.9 Å². The van der Waals surface area contributed by atoms with Gasteiger partial charge < -0.3 is 4.57 Å². The van der Waals surface area contributed by atoms with Crippen molar-refractivity contribution in [2.75, 3.05) is 0 Å². The summed E-state index contributed by atoms with van der Waals surface area (Å²) in [5.41, 5.74) is 2.15. The Morgan fingerprint density at radius 2 is 2.38 bits per heavy atom. The van der Waals surface area contributed by atoms with Crippen LogP contribution in [0.5, 0.6) is 0 Å². The molecule has 0 spiro atoms. The van der Waals surface area contributed by atoms with Crippen LogP contribution in [0.3, 0.4) is 0 Å². The number of aromatic nitrogens is 2. The summed E-state index contributed by atoms with van der Waals surface area (Å²) in [5, 5.41) is 0. The second-order valence-electron chi connectivity index (χ2n) is 2.82. The summed E-state index contributed by atoms with van der Waals surface area (Å²) in [6.07, 6.45) is 3.70. The van der Waals surface area contributed by atoms with Crippen molar-refractivity contribution in [1.82, 2.24) is 9.55 Å². The van der Waals surface area contributed by atoms with Crippen LogP contribution in [0.1, 0.15) is 0 Å². The molecule has 0 unspecified atom stereocenters. The monoisotopic (exact) mass is 236 g/mol. The van der Waals surface area contributed by atoms with E-state index in [9.17, 15) is 0 Å². The first-order valence-electron chi connectivity index (χ1n) is 4.02. The van der Waals surface area contributed by atoms with Gasteiger partial charge in [0.15, 0.2) is 0 Å². The third-order valence-corrected chi connectivity index (χ3v) is 2.40. The largest absolute Gasteiger partial charge is 0.327 e. The quantitative estimate of drug-likeness (QED) is 0.734. The molecule has 0 amide bonds. The Kier molecular flexibility index (Phi) is 2.19. The molecule has 0 N–H and O–H groups in total. The highest BCUT2D eigenvalue weighted by Crippen LogP contribution is 2.18. The Balaban J connectivity index is 2.61. The average molecular weight is 237 g/mol. The summed E-state index contributed by atoms with van der Waals surface area (Å²) < 4.78 is 3.12. The third-order valence-electron chi connectivity index (χ3n) is 1.91. The maximum atomic E-state index is 4.28. The molecule has 1 aromatic carbocycles. The van der Waals surface area contributed by atoms with E-state index in [0.717, 1.165) is 22.1 Å². The highest BCUT2D eigenvalue weighted by molar-refractivity contribution is 9.10. The first kappa shape index (κ1) is 8.51. The second kappa shape index (κ2) is 3.34. The van der Waals surface area contributed by atoms with Gasteiger partial charge in [0.1, 0.15) is 0 Å². The summed E-state index contributed by atoms with van der Waals surface area (Å²) in [6.45, 7) is 4.51. The van der Waals surface area contributed by atoms with E-state index in [1.165, 1.54) is 0 Å². The number of allylic oxidation sites excluding steroid dienone is 1. The van der Waals surface area contributed by atoms with Crippen LogP contribution in [0, 0.1) is 0 Å². The first-order valence-corrected chi connectivity index (χ1v) is 4.82. The maximum Gasteiger partial charge on any atom is 0.0961 e. The normalized spacial score (nSPS) is 10.5. The number of hydrogen-bond donors (Lipinski definition) is 0. The van der Waals surface area contributed by atoms with Gasteiger partial charge in [-0.15, -0.1) is 6.58 Å². The lowest BCUT2D eigenvalue weighted by Crippen LogP contribution is -1.91. The molecule has 1 heterocycles. The van der Waals surface area contributed by atoms with Crippen LogP contribution < -0.4 is 0 Å². The van der Waals surface area contributed by atoms with E-state index < -0.39 is 0 Å². The molecular weight excluding hydrogens is 228 g/mol. The molecule has 0 fully saturated rings. The van der Waals surface area contributed by atoms with E-state index in [2.05, 4.69) is 38.1 Å². The van der Waals surface area contributed by atoms with Crippen LogP contribution in [0.15, 0.2) is 41.7 Å². The zero-order valence-electron chi connectivity index (χ0n) is 7.07. The minimum Gasteiger partial charge on any atom is -0.327 e. The van der Waals surface area contributed by atoms with Gasteiger partial charge in [-0.2, -0.15) is 0 Å². The van der Waals surface area contributed by atoms with E-state index in [1.54, 1.807) is 0 Å². The van der Waals surface area contributed by atoms with E-state index in [4.69, 9.17) is 0 Å². The number of fused-ring (bicyclic) bond motifs is 1. The molecule has 0 saturated heterocycles. The van der Waals surface area contributed by atoms with Crippen molar-refractivity contribution < 1.29 is 0 Å². The number of halogens is 1. The molecule has 0 radical (unpaired) electrons. The van der Waals surface area contributed by atoms with Crippen molar-refractivity contribution in [2.24, 2.45) is 0 Å². The Bertz CT molecular complexity index is 445. The fraction of sp³-hybridized carbons (Fsp3) is 0.100. The number of nitrogens with zero attached hydrogens (tertiary/aromatic N) is 2. The Hall–Kier alpha value is -1.09. The van der Waals surface area contributed by atoms with Crippen LogP contribution in [-0.2, 0) is 6.54 Å². The van der Waals surface area contributed by atoms with Gasteiger partial charge in [0, 0.05) is 11.0 Å². The molecule has 3 heteroatoms. The van der Waals surface area contributed by atoms with E-state index in [0.29, 0.717) is 0 Å². The smallest absolute Gasteiger partial charge is 0.0961 e. The lowest BCUT2D eigenvalue weighted by atomic mass is 10.3. The van der Waals surface area contributed by atoms with Gasteiger partial charge >= 0.3 is 0 Å². The van der Waals surface area contributed by atoms with Gasteiger partial charge in [-0.3, -0.25) is 0 Å². The minimum absolute atomic E-state index is 0.804. The molecule has 0 aliphatic rings. The summed E-state index contributed by atoms with van der Waals surface area (Å²) in [5.74, 6) is 0. The summed E-state index contributed by atoms with van der Waals surface area (Å²) in [7, 11) is 0. The molecule has 0 bridgehead atoms. The van der Waals surface area contributed by atoms with Crippen molar-refractivity contribution in [2.45, 2.75) is 6.54 Å². The Morgan fingerprint density at radius 3 is 3.15 bits per heavy atom. The molecule has 1 aromatic heterocycles. The fourth-order valence-corrected chi connectivity index (χ4v) is 1.67. The predicted molar refractivity (Wildman–Crippen MR) is 57.6 cm³/mol. The van der Waals surface area contributed by atoms with Crippen molar-refractivity contribution in [3.63, 3.8) is 0 Å². The van der Waals surface area contributed by atoms with Crippen LogP contribution in [0.2, 0.25) is 0 Å². The molecule has 0 atom stereocenters. The zero-order valence-corrected chi connectivity index (χ0v) is 8.66. The van der Waals surface area contributed by atoms with Gasteiger partial charge in [0.25, 0.3) is 0 Å². The highest BCUT2D eigenvalue weighted by atomic mass is 79.9. The van der Waals surface area contributed by atoms with Gasteiger partial charge in [-0.05, 0) is 18.2 Å². The van der Waals surface area contributed by atoms with Crippen LogP contribution in [-0.4, -0.2) is 9.55 Å². The van der Waals surface area contributed by atoms with Crippen LogP contribution in [0.4, 0.5) is 0 Å². The minimum atomic E-state index is 0.804. The number of imidazole rings is 1. The molecule has 0 aliphatic carbocycles. The molecule has 2 rings (SSSR count). The van der Waals surface area contributed by atoms with Gasteiger partial charge in [0.05, 0.1) is 17.4 Å². The van der Waals surface area contributed by atoms with Crippen molar-refractivity contribution in [3.05, 3.63) is 41.7 Å². The first-order chi connectivity index (χ1) is 6.31. The molecule has 2 nitrogen and oxygen atoms in total. The third kappa shape index (κ3) is 1.52. The molecule has 0 aliphatic heterocycles. The fourth-order valence-electron chi connectivity index (χ4n) is 1.32. The van der Waals surface area contributed by atoms with Crippen molar-refractivity contribution in [1.29, 1.82) is 0 Å². The molecule has 0 saturated carbocycles. The summed E-state index contributed by atoms with van der Waals surface area (Å²) in [4.78, 5) is 4.28. The molecule has 66 valence electrons. The second-order valence-corrected chi connectivity index (χ2v) is 3.73. The summed E-state index contributed by atoms with van der Waals surface area (Å²) in [6, 6.07) is 6.08. The van der Waals surface area contributed by atoms with Gasteiger partial charge in [-0.25, -0.2) is 4.98 Å². The number of hydrogen-bond acceptors (Lipinski definition) is 1. The van der Waals surface area contributed by atoms with Crippen molar-refractivity contribution in [3.8, 4) is 0 Å². The lowest BCUT2D eigenvalue weighted by Gasteiger charge is -1.98. The average Bonchev–Trinajstić information content (AvgIpc) is 2.49. The SMILES string of the molecule is C=CCn1cnc2cc(Br)ccc21. The lowest BCUT2D eigenvalue weighted by molar-refractivity contribution is 0.851. The van der Waals surface area contributed by atoms with Crippen LogP contribution in [0.25, 0.3) is 11.0 Å². The van der Waals surface area contributed by atoms with Gasteiger partial charge in [0.2, 0.25) is 0 Å². The predicted octanol–water partition coefficient (Wildman–Crippen LogP) is 2.98. The highest BCUT2D eigenvalue weighted by Gasteiger charge is 2.00. The Morgan fingerprint density at radius 1 is 1.54 bits per heavy atom. The Labute approximate surface area is 85.0 Å². The van der Waals surface area contributed by atoms with E-state index in [1.807, 2.05) is 24.5 Å². The standard InChI is InChI=1S/C10H9BrN2/c1-2-5-13-7-12-9-6-8(11)3-4-10(9)13/h2-4,6-7H,1,5H2. The van der Waals surface area contributed by atoms with E-state index in [-0.39, 0.29) is 0 Å². The zero-order chi connectivity index (χ0) is 9.26. The molecule has 13 heavy (non-hydrogen) atoms. The topological polar surface area (TPSA) is 17.8 Å². The molecule has 2 aromatic rings. The number of benzene rings is 1. The van der Waals surface area contributed by atoms with E-state index >= 15 is 0 Å². The van der Waals surface area contributed by atoms with Gasteiger partial charge in [-0.1, -0.05) is 22.0 Å². The number of rotatable bonds is 2. The van der Waals surface area contributed by atoms with Crippen molar-refractivity contribution >= 4 is 27.0 Å². The molecular formula is C10H9BrN2. The summed E-state index contributed by atoms with van der Waals surface area (Å²) >= 11 is 3.41.